The standard InChI is InChI=1S/C16H21FN4O.2ClH/c1-21-14-5-3-11(17)9-13(14)20-15(21)6-7-19-16(22)10-2-4-12(18)8-10;;/h3,5,9-10,12H,2,4,6-8,18H2,1H3,(H,19,22);2*1H. The first-order chi connectivity index (χ1) is 10.5. The van der Waals surface area contributed by atoms with Crippen molar-refractivity contribution in [2.24, 2.45) is 18.7 Å². The van der Waals surface area contributed by atoms with Crippen molar-refractivity contribution in [3.63, 3.8) is 0 Å². The summed E-state index contributed by atoms with van der Waals surface area (Å²) in [5.41, 5.74) is 7.37. The number of fused-ring (bicyclic) bond motifs is 1. The first-order valence-electron chi connectivity index (χ1n) is 7.68. The molecule has 2 atom stereocenters. The average Bonchev–Trinajstić information content (AvgIpc) is 3.04. The molecule has 0 bridgehead atoms. The number of halogens is 3. The van der Waals surface area contributed by atoms with E-state index < -0.39 is 0 Å². The topological polar surface area (TPSA) is 72.9 Å². The van der Waals surface area contributed by atoms with Crippen molar-refractivity contribution < 1.29 is 9.18 Å². The Labute approximate surface area is 153 Å². The zero-order valence-corrected chi connectivity index (χ0v) is 15.1. The molecule has 1 fully saturated rings. The van der Waals surface area contributed by atoms with Crippen molar-refractivity contribution >= 4 is 41.8 Å². The minimum absolute atomic E-state index is 0. The van der Waals surface area contributed by atoms with Gasteiger partial charge in [-0.05, 0) is 31.4 Å². The van der Waals surface area contributed by atoms with E-state index in [4.69, 9.17) is 5.73 Å². The first kappa shape index (κ1) is 20.7. The van der Waals surface area contributed by atoms with Gasteiger partial charge in [-0.2, -0.15) is 0 Å². The van der Waals surface area contributed by atoms with Gasteiger partial charge >= 0.3 is 0 Å². The van der Waals surface area contributed by atoms with Gasteiger partial charge in [-0.15, -0.1) is 24.8 Å². The highest BCUT2D eigenvalue weighted by Crippen LogP contribution is 2.24. The number of imidazole rings is 1. The minimum atomic E-state index is -0.289. The molecule has 0 aliphatic heterocycles. The summed E-state index contributed by atoms with van der Waals surface area (Å²) < 4.78 is 15.2. The number of benzene rings is 1. The van der Waals surface area contributed by atoms with Crippen LogP contribution in [-0.2, 0) is 18.3 Å². The molecule has 0 saturated heterocycles. The van der Waals surface area contributed by atoms with Crippen molar-refractivity contribution in [3.8, 4) is 0 Å². The number of aromatic nitrogens is 2. The van der Waals surface area contributed by atoms with E-state index in [1.807, 2.05) is 11.6 Å². The lowest BCUT2D eigenvalue weighted by molar-refractivity contribution is -0.124. The SMILES string of the molecule is Cl.Cl.Cn1c(CCNC(=O)C2CCC(N)C2)nc2cc(F)ccc21. The van der Waals surface area contributed by atoms with Crippen LogP contribution in [0.1, 0.15) is 25.1 Å². The second-order valence-corrected chi connectivity index (χ2v) is 6.03. The number of carbonyl (C=O) groups excluding carboxylic acids is 1. The number of rotatable bonds is 4. The lowest BCUT2D eigenvalue weighted by atomic mass is 10.1. The highest BCUT2D eigenvalue weighted by molar-refractivity contribution is 5.85. The third kappa shape index (κ3) is 4.37. The van der Waals surface area contributed by atoms with E-state index in [0.717, 1.165) is 30.6 Å². The number of hydrogen-bond acceptors (Lipinski definition) is 3. The summed E-state index contributed by atoms with van der Waals surface area (Å²) >= 11 is 0. The Balaban J connectivity index is 0.00000144. The van der Waals surface area contributed by atoms with Crippen LogP contribution >= 0.6 is 24.8 Å². The maximum Gasteiger partial charge on any atom is 0.223 e. The first-order valence-corrected chi connectivity index (χ1v) is 7.68. The lowest BCUT2D eigenvalue weighted by Crippen LogP contribution is -2.32. The number of aryl methyl sites for hydroxylation is 1. The smallest absolute Gasteiger partial charge is 0.223 e. The molecule has 2 unspecified atom stereocenters. The zero-order chi connectivity index (χ0) is 15.7. The van der Waals surface area contributed by atoms with E-state index in [1.54, 1.807) is 6.07 Å². The van der Waals surface area contributed by atoms with Gasteiger partial charge in [0.05, 0.1) is 11.0 Å². The molecular formula is C16H23Cl2FN4O. The predicted octanol–water partition coefficient (Wildman–Crippen LogP) is 2.34. The molecule has 1 aliphatic rings. The Kier molecular flexibility index (Phi) is 7.45. The molecule has 1 aromatic carbocycles. The van der Waals surface area contributed by atoms with Crippen molar-refractivity contribution in [2.45, 2.75) is 31.7 Å². The monoisotopic (exact) mass is 376 g/mol. The van der Waals surface area contributed by atoms with Crippen molar-refractivity contribution in [3.05, 3.63) is 29.8 Å². The molecule has 1 saturated carbocycles. The summed E-state index contributed by atoms with van der Waals surface area (Å²) in [4.78, 5) is 16.5. The number of nitrogens with zero attached hydrogens (tertiary/aromatic N) is 2. The van der Waals surface area contributed by atoms with Gasteiger partial charge in [0.25, 0.3) is 0 Å². The number of nitrogens with two attached hydrogens (primary N) is 1. The van der Waals surface area contributed by atoms with Crippen LogP contribution in [0.4, 0.5) is 4.39 Å². The fraction of sp³-hybridized carbons (Fsp3) is 0.500. The Morgan fingerprint density at radius 1 is 1.42 bits per heavy atom. The molecule has 5 nitrogen and oxygen atoms in total. The summed E-state index contributed by atoms with van der Waals surface area (Å²) in [5.74, 6) is 0.675. The van der Waals surface area contributed by atoms with Crippen LogP contribution in [0.5, 0.6) is 0 Å². The van der Waals surface area contributed by atoms with Gasteiger partial charge in [-0.3, -0.25) is 4.79 Å². The molecule has 24 heavy (non-hydrogen) atoms. The van der Waals surface area contributed by atoms with E-state index in [1.165, 1.54) is 12.1 Å². The molecule has 1 aliphatic carbocycles. The molecule has 1 amide bonds. The van der Waals surface area contributed by atoms with Gasteiger partial charge in [-0.1, -0.05) is 0 Å². The van der Waals surface area contributed by atoms with Crippen LogP contribution in [0.2, 0.25) is 0 Å². The minimum Gasteiger partial charge on any atom is -0.355 e. The van der Waals surface area contributed by atoms with E-state index in [-0.39, 0.29) is 48.5 Å². The fourth-order valence-corrected chi connectivity index (χ4v) is 3.14. The molecule has 0 spiro atoms. The Morgan fingerprint density at radius 3 is 2.83 bits per heavy atom. The zero-order valence-electron chi connectivity index (χ0n) is 13.5. The summed E-state index contributed by atoms with van der Waals surface area (Å²) in [6.07, 6.45) is 3.20. The van der Waals surface area contributed by atoms with Crippen molar-refractivity contribution in [2.75, 3.05) is 6.54 Å². The number of carbonyl (C=O) groups is 1. The second kappa shape index (κ2) is 8.65. The predicted molar refractivity (Wildman–Crippen MR) is 97.2 cm³/mol. The van der Waals surface area contributed by atoms with Crippen LogP contribution in [0.15, 0.2) is 18.2 Å². The third-order valence-electron chi connectivity index (χ3n) is 4.43. The highest BCUT2D eigenvalue weighted by Gasteiger charge is 2.27. The number of hydrogen-bond donors (Lipinski definition) is 2. The summed E-state index contributed by atoms with van der Waals surface area (Å²) in [6, 6.07) is 4.74. The lowest BCUT2D eigenvalue weighted by Gasteiger charge is -2.10. The average molecular weight is 377 g/mol. The Hall–Kier alpha value is -1.37. The van der Waals surface area contributed by atoms with E-state index in [0.29, 0.717) is 18.5 Å². The van der Waals surface area contributed by atoms with Gasteiger partial charge < -0.3 is 15.6 Å². The maximum atomic E-state index is 13.2. The molecule has 134 valence electrons. The molecule has 8 heteroatoms. The third-order valence-corrected chi connectivity index (χ3v) is 4.43. The van der Waals surface area contributed by atoms with Crippen LogP contribution in [0, 0.1) is 11.7 Å². The largest absolute Gasteiger partial charge is 0.355 e. The summed E-state index contributed by atoms with van der Waals surface area (Å²) in [6.45, 7) is 0.532. The van der Waals surface area contributed by atoms with Crippen molar-refractivity contribution in [1.82, 2.24) is 14.9 Å². The molecule has 1 heterocycles. The number of nitrogens with one attached hydrogen (secondary N) is 1. The van der Waals surface area contributed by atoms with Gasteiger partial charge in [-0.25, -0.2) is 9.37 Å². The fourth-order valence-electron chi connectivity index (χ4n) is 3.14. The summed E-state index contributed by atoms with van der Waals surface area (Å²) in [7, 11) is 1.90. The normalized spacial score (nSPS) is 19.6. The van der Waals surface area contributed by atoms with Crippen molar-refractivity contribution in [1.29, 1.82) is 0 Å². The van der Waals surface area contributed by atoms with Gasteiger partial charge in [0.2, 0.25) is 5.91 Å². The molecular weight excluding hydrogens is 354 g/mol. The molecule has 2 aromatic rings. The van der Waals surface area contributed by atoms with Crippen LogP contribution in [0.25, 0.3) is 11.0 Å². The second-order valence-electron chi connectivity index (χ2n) is 6.03. The number of amides is 1. The van der Waals surface area contributed by atoms with Crippen LogP contribution < -0.4 is 11.1 Å². The quantitative estimate of drug-likeness (QED) is 0.859. The van der Waals surface area contributed by atoms with E-state index >= 15 is 0 Å². The Bertz CT molecular complexity index is 707. The highest BCUT2D eigenvalue weighted by atomic mass is 35.5. The molecule has 0 radical (unpaired) electrons. The van der Waals surface area contributed by atoms with Gasteiger partial charge in [0.15, 0.2) is 0 Å². The molecule has 1 aromatic heterocycles. The molecule has 3 N–H and O–H groups in total. The van der Waals surface area contributed by atoms with Gasteiger partial charge in [0, 0.05) is 38.0 Å². The Morgan fingerprint density at radius 2 is 2.17 bits per heavy atom. The molecule has 3 rings (SSSR count). The van der Waals surface area contributed by atoms with Crippen LogP contribution in [-0.4, -0.2) is 28.0 Å². The van der Waals surface area contributed by atoms with Crippen LogP contribution in [0.3, 0.4) is 0 Å². The van der Waals surface area contributed by atoms with E-state index in [9.17, 15) is 9.18 Å². The summed E-state index contributed by atoms with van der Waals surface area (Å²) in [5, 5.41) is 2.95. The maximum absolute atomic E-state index is 13.2. The van der Waals surface area contributed by atoms with E-state index in [2.05, 4.69) is 10.3 Å². The van der Waals surface area contributed by atoms with Gasteiger partial charge in [0.1, 0.15) is 11.6 Å².